The zero-order valence-corrected chi connectivity index (χ0v) is 18.5. The third-order valence-corrected chi connectivity index (χ3v) is 5.74. The van der Waals surface area contributed by atoms with Gasteiger partial charge in [-0.1, -0.05) is 54.6 Å². The van der Waals surface area contributed by atoms with Gasteiger partial charge >= 0.3 is 12.1 Å². The van der Waals surface area contributed by atoms with Crippen LogP contribution in [0.15, 0.2) is 66.7 Å². The third kappa shape index (κ3) is 4.62. The number of fused-ring (bicyclic) bond motifs is 3. The van der Waals surface area contributed by atoms with Gasteiger partial charge in [-0.2, -0.15) is 0 Å². The first-order chi connectivity index (χ1) is 16.0. The summed E-state index contributed by atoms with van der Waals surface area (Å²) in [5.74, 6) is -0.178. The summed E-state index contributed by atoms with van der Waals surface area (Å²) in [5.41, 5.74) is 5.14. The molecule has 1 amide bonds. The normalized spacial score (nSPS) is 11.9. The molecule has 4 rings (SSSR count). The lowest BCUT2D eigenvalue weighted by Gasteiger charge is -2.22. The van der Waals surface area contributed by atoms with E-state index >= 15 is 0 Å². The van der Waals surface area contributed by atoms with Gasteiger partial charge in [0.15, 0.2) is 11.5 Å². The van der Waals surface area contributed by atoms with E-state index in [1.165, 1.54) is 14.2 Å². The van der Waals surface area contributed by atoms with Crippen LogP contribution in [0.3, 0.4) is 0 Å². The van der Waals surface area contributed by atoms with Crippen LogP contribution in [0, 0.1) is 0 Å². The van der Waals surface area contributed by atoms with Gasteiger partial charge in [0.25, 0.3) is 0 Å². The molecule has 0 saturated carbocycles. The second kappa shape index (κ2) is 9.65. The Hall–Kier alpha value is -4.00. The molecule has 0 fully saturated rings. The van der Waals surface area contributed by atoms with E-state index in [1.807, 2.05) is 36.4 Å². The first kappa shape index (κ1) is 22.2. The van der Waals surface area contributed by atoms with Crippen molar-refractivity contribution in [2.24, 2.45) is 0 Å². The highest BCUT2D eigenvalue weighted by atomic mass is 16.6. The Morgan fingerprint density at radius 2 is 1.48 bits per heavy atom. The Balaban J connectivity index is 1.51. The van der Waals surface area contributed by atoms with Gasteiger partial charge in [0, 0.05) is 12.5 Å². The molecular weight excluding hydrogens is 422 g/mol. The molecule has 0 heterocycles. The van der Waals surface area contributed by atoms with Crippen molar-refractivity contribution in [2.75, 3.05) is 27.4 Å². The van der Waals surface area contributed by atoms with Gasteiger partial charge in [0.05, 0.1) is 14.2 Å². The molecule has 0 spiro atoms. The molecule has 0 bridgehead atoms. The van der Waals surface area contributed by atoms with Crippen molar-refractivity contribution >= 4 is 12.1 Å². The lowest BCUT2D eigenvalue weighted by Crippen LogP contribution is -2.36. The summed E-state index contributed by atoms with van der Waals surface area (Å²) in [7, 11) is 3.05. The van der Waals surface area contributed by atoms with Gasteiger partial charge in [-0.3, -0.25) is 9.69 Å². The molecule has 3 aromatic carbocycles. The van der Waals surface area contributed by atoms with Crippen LogP contribution in [-0.4, -0.2) is 49.4 Å². The van der Waals surface area contributed by atoms with Crippen molar-refractivity contribution in [3.63, 3.8) is 0 Å². The first-order valence-electron chi connectivity index (χ1n) is 10.5. The van der Waals surface area contributed by atoms with Crippen molar-refractivity contribution in [3.8, 4) is 22.6 Å². The molecule has 0 aliphatic heterocycles. The molecule has 0 aromatic heterocycles. The number of benzene rings is 3. The number of hydrogen-bond acceptors (Lipinski definition) is 5. The molecule has 7 heteroatoms. The minimum Gasteiger partial charge on any atom is -0.493 e. The van der Waals surface area contributed by atoms with Gasteiger partial charge < -0.3 is 19.3 Å². The third-order valence-electron chi connectivity index (χ3n) is 5.74. The standard InChI is InChI=1S/C26H25NO6/c1-31-23-12-11-17(13-24(23)32-2)14-27(15-25(28)29)26(30)33-16-22-20-9-5-3-7-18(20)19-8-4-6-10-21(19)22/h3-13,22H,14-16H2,1-2H3,(H,28,29). The summed E-state index contributed by atoms with van der Waals surface area (Å²) < 4.78 is 16.2. The van der Waals surface area contributed by atoms with Crippen molar-refractivity contribution in [1.82, 2.24) is 4.90 Å². The number of aliphatic carboxylic acids is 1. The predicted molar refractivity (Wildman–Crippen MR) is 123 cm³/mol. The van der Waals surface area contributed by atoms with E-state index < -0.39 is 18.6 Å². The Labute approximate surface area is 192 Å². The average Bonchev–Trinajstić information content (AvgIpc) is 3.15. The van der Waals surface area contributed by atoms with Crippen molar-refractivity contribution < 1.29 is 28.9 Å². The molecule has 1 aliphatic rings. The number of methoxy groups -OCH3 is 2. The maximum Gasteiger partial charge on any atom is 0.410 e. The Morgan fingerprint density at radius 1 is 0.879 bits per heavy atom. The summed E-state index contributed by atoms with van der Waals surface area (Å²) in [6.07, 6.45) is -0.686. The maximum absolute atomic E-state index is 12.9. The van der Waals surface area contributed by atoms with Crippen LogP contribution in [0.25, 0.3) is 11.1 Å². The average molecular weight is 447 g/mol. The van der Waals surface area contributed by atoms with Crippen LogP contribution in [0.4, 0.5) is 4.79 Å². The van der Waals surface area contributed by atoms with E-state index in [9.17, 15) is 14.7 Å². The monoisotopic (exact) mass is 447 g/mol. The molecule has 0 saturated heterocycles. The molecule has 3 aromatic rings. The van der Waals surface area contributed by atoms with Gasteiger partial charge in [-0.05, 0) is 39.9 Å². The summed E-state index contributed by atoms with van der Waals surface area (Å²) in [6, 6.07) is 21.3. The molecule has 33 heavy (non-hydrogen) atoms. The number of rotatable bonds is 8. The number of carboxylic acids is 1. The van der Waals surface area contributed by atoms with Gasteiger partial charge in [0.2, 0.25) is 0 Å². The van der Waals surface area contributed by atoms with Gasteiger partial charge in [0.1, 0.15) is 13.2 Å². The van der Waals surface area contributed by atoms with E-state index in [4.69, 9.17) is 14.2 Å². The zero-order chi connectivity index (χ0) is 23.4. The van der Waals surface area contributed by atoms with Crippen molar-refractivity contribution in [1.29, 1.82) is 0 Å². The first-order valence-corrected chi connectivity index (χ1v) is 10.5. The molecule has 0 atom stereocenters. The molecule has 7 nitrogen and oxygen atoms in total. The number of nitrogens with zero attached hydrogens (tertiary/aromatic N) is 1. The number of carbonyl (C=O) groups is 2. The highest BCUT2D eigenvalue weighted by Gasteiger charge is 2.30. The SMILES string of the molecule is COc1ccc(CN(CC(=O)O)C(=O)OCC2c3ccccc3-c3ccccc32)cc1OC. The molecule has 1 N–H and O–H groups in total. The predicted octanol–water partition coefficient (Wildman–Crippen LogP) is 4.54. The Bertz CT molecular complexity index is 1130. The van der Waals surface area contributed by atoms with E-state index in [-0.39, 0.29) is 19.1 Å². The second-order valence-electron chi connectivity index (χ2n) is 7.74. The van der Waals surface area contributed by atoms with E-state index in [0.29, 0.717) is 17.1 Å². The second-order valence-corrected chi connectivity index (χ2v) is 7.74. The lowest BCUT2D eigenvalue weighted by atomic mass is 9.98. The van der Waals surface area contributed by atoms with Gasteiger partial charge in [-0.25, -0.2) is 4.79 Å². The minimum atomic E-state index is -1.12. The molecule has 0 unspecified atom stereocenters. The quantitative estimate of drug-likeness (QED) is 0.546. The Morgan fingerprint density at radius 3 is 2.06 bits per heavy atom. The van der Waals surface area contributed by atoms with Gasteiger partial charge in [-0.15, -0.1) is 0 Å². The fourth-order valence-corrected chi connectivity index (χ4v) is 4.23. The van der Waals surface area contributed by atoms with E-state index in [2.05, 4.69) is 12.1 Å². The van der Waals surface area contributed by atoms with Crippen LogP contribution in [0.5, 0.6) is 11.5 Å². The molecule has 0 radical (unpaired) electrons. The number of carbonyl (C=O) groups excluding carboxylic acids is 1. The molecule has 170 valence electrons. The van der Waals surface area contributed by atoms with Crippen LogP contribution in [0.2, 0.25) is 0 Å². The number of carboxylic acid groups (broad SMARTS) is 1. The number of ether oxygens (including phenoxy) is 3. The summed E-state index contributed by atoms with van der Waals surface area (Å²) in [6.45, 7) is -0.302. The summed E-state index contributed by atoms with van der Waals surface area (Å²) in [4.78, 5) is 25.5. The number of hydrogen-bond donors (Lipinski definition) is 1. The molecular formula is C26H25NO6. The maximum atomic E-state index is 12.9. The van der Waals surface area contributed by atoms with Crippen LogP contribution in [-0.2, 0) is 16.1 Å². The van der Waals surface area contributed by atoms with Crippen molar-refractivity contribution in [2.45, 2.75) is 12.5 Å². The topological polar surface area (TPSA) is 85.3 Å². The van der Waals surface area contributed by atoms with Crippen LogP contribution in [0.1, 0.15) is 22.6 Å². The van der Waals surface area contributed by atoms with Crippen molar-refractivity contribution in [3.05, 3.63) is 83.4 Å². The lowest BCUT2D eigenvalue weighted by molar-refractivity contribution is -0.138. The van der Waals surface area contributed by atoms with E-state index in [0.717, 1.165) is 27.2 Å². The van der Waals surface area contributed by atoms with Crippen LogP contribution >= 0.6 is 0 Å². The fourth-order valence-electron chi connectivity index (χ4n) is 4.23. The fraction of sp³-hybridized carbons (Fsp3) is 0.231. The highest BCUT2D eigenvalue weighted by Crippen LogP contribution is 2.44. The smallest absolute Gasteiger partial charge is 0.410 e. The van der Waals surface area contributed by atoms with Crippen LogP contribution < -0.4 is 9.47 Å². The minimum absolute atomic E-state index is 0.0589. The Kier molecular flexibility index (Phi) is 6.49. The zero-order valence-electron chi connectivity index (χ0n) is 18.5. The number of amides is 1. The summed E-state index contributed by atoms with van der Waals surface area (Å²) >= 11 is 0. The molecule has 1 aliphatic carbocycles. The van der Waals surface area contributed by atoms with E-state index in [1.54, 1.807) is 18.2 Å². The highest BCUT2D eigenvalue weighted by molar-refractivity contribution is 5.79. The largest absolute Gasteiger partial charge is 0.493 e. The summed E-state index contributed by atoms with van der Waals surface area (Å²) in [5, 5.41) is 9.34.